The molecule has 1 aromatic heterocycles. The zero-order chi connectivity index (χ0) is 18.9. The number of amides is 1. The van der Waals surface area contributed by atoms with E-state index in [1.165, 1.54) is 4.90 Å². The molecule has 1 amide bonds. The summed E-state index contributed by atoms with van der Waals surface area (Å²) in [4.78, 5) is 50.0. The van der Waals surface area contributed by atoms with Crippen molar-refractivity contribution in [2.75, 3.05) is 18.1 Å². The lowest BCUT2D eigenvalue weighted by atomic mass is 10.2. The number of anilines is 1. The van der Waals surface area contributed by atoms with Gasteiger partial charge in [-0.25, -0.2) is 4.79 Å². The highest BCUT2D eigenvalue weighted by Crippen LogP contribution is 2.14. The Balaban J connectivity index is 1.98. The van der Waals surface area contributed by atoms with Gasteiger partial charge in [-0.2, -0.15) is 5.26 Å². The van der Waals surface area contributed by atoms with Crippen LogP contribution in [-0.4, -0.2) is 34.6 Å². The van der Waals surface area contributed by atoms with Gasteiger partial charge in [-0.15, -0.1) is 0 Å². The molecule has 0 atom stereocenters. The summed E-state index contributed by atoms with van der Waals surface area (Å²) in [6, 6.07) is 11.8. The average molecular weight is 356 g/mol. The topological polar surface area (TPSA) is 125 Å². The first-order valence-electron chi connectivity index (χ1n) is 7.69. The predicted molar refractivity (Wildman–Crippen MR) is 91.3 cm³/mol. The molecule has 0 unspecified atom stereocenters. The van der Waals surface area contributed by atoms with Gasteiger partial charge in [0.15, 0.2) is 6.61 Å². The number of esters is 1. The quantitative estimate of drug-likeness (QED) is 0.698. The van der Waals surface area contributed by atoms with E-state index in [0.717, 1.165) is 16.8 Å². The van der Waals surface area contributed by atoms with E-state index in [9.17, 15) is 19.2 Å². The van der Waals surface area contributed by atoms with Crippen molar-refractivity contribution in [1.82, 2.24) is 9.55 Å². The van der Waals surface area contributed by atoms with Crippen LogP contribution in [0, 0.1) is 11.3 Å². The fourth-order valence-electron chi connectivity index (χ4n) is 2.14. The Hall–Kier alpha value is -3.67. The maximum absolute atomic E-state index is 12.3. The number of H-pyrrole nitrogens is 1. The number of aromatic amines is 1. The molecule has 26 heavy (non-hydrogen) atoms. The number of nitriles is 1. The number of para-hydroxylation sites is 1. The molecule has 1 aromatic carbocycles. The molecule has 0 fully saturated rings. The summed E-state index contributed by atoms with van der Waals surface area (Å²) in [5.41, 5.74) is -0.743. The number of nitrogens with zero attached hydrogens (tertiary/aromatic N) is 3. The smallest absolute Gasteiger partial charge is 0.328 e. The molecule has 0 bridgehead atoms. The molecule has 134 valence electrons. The molecule has 0 aliphatic rings. The van der Waals surface area contributed by atoms with Crippen LogP contribution in [0.4, 0.5) is 5.69 Å². The molecule has 1 N–H and O–H groups in total. The van der Waals surface area contributed by atoms with Crippen LogP contribution in [0.2, 0.25) is 0 Å². The lowest BCUT2D eigenvalue weighted by Crippen LogP contribution is -2.36. The fourth-order valence-corrected chi connectivity index (χ4v) is 2.14. The van der Waals surface area contributed by atoms with Crippen molar-refractivity contribution in [2.45, 2.75) is 13.0 Å². The SMILES string of the molecule is N#CCCN(C(=O)COC(=O)Cn1ccc(=O)[nH]c1=O)c1ccccc1. The molecular weight excluding hydrogens is 340 g/mol. The van der Waals surface area contributed by atoms with Crippen LogP contribution in [0.3, 0.4) is 0 Å². The van der Waals surface area contributed by atoms with E-state index in [1.54, 1.807) is 30.3 Å². The summed E-state index contributed by atoms with van der Waals surface area (Å²) in [5.74, 6) is -1.30. The summed E-state index contributed by atoms with van der Waals surface area (Å²) in [6.45, 7) is -0.806. The maximum Gasteiger partial charge on any atom is 0.328 e. The van der Waals surface area contributed by atoms with E-state index in [0.29, 0.717) is 5.69 Å². The normalized spacial score (nSPS) is 9.96. The van der Waals surface area contributed by atoms with Gasteiger partial charge in [-0.1, -0.05) is 18.2 Å². The van der Waals surface area contributed by atoms with Crippen LogP contribution in [0.25, 0.3) is 0 Å². The zero-order valence-electron chi connectivity index (χ0n) is 13.8. The molecule has 2 aromatic rings. The van der Waals surface area contributed by atoms with E-state index in [2.05, 4.69) is 0 Å². The first-order chi connectivity index (χ1) is 12.5. The van der Waals surface area contributed by atoms with Crippen molar-refractivity contribution in [3.63, 3.8) is 0 Å². The summed E-state index contributed by atoms with van der Waals surface area (Å²) in [7, 11) is 0. The fraction of sp³-hybridized carbons (Fsp3) is 0.235. The zero-order valence-corrected chi connectivity index (χ0v) is 13.8. The molecule has 0 aliphatic carbocycles. The summed E-state index contributed by atoms with van der Waals surface area (Å²) < 4.78 is 5.87. The number of aromatic nitrogens is 2. The minimum absolute atomic E-state index is 0.126. The number of rotatable bonds is 7. The van der Waals surface area contributed by atoms with Gasteiger partial charge in [0.05, 0.1) is 12.5 Å². The largest absolute Gasteiger partial charge is 0.454 e. The van der Waals surface area contributed by atoms with Crippen LogP contribution in [-0.2, 0) is 20.9 Å². The molecule has 0 saturated carbocycles. The van der Waals surface area contributed by atoms with Crippen molar-refractivity contribution in [2.24, 2.45) is 0 Å². The first-order valence-corrected chi connectivity index (χ1v) is 7.69. The minimum atomic E-state index is -0.805. The lowest BCUT2D eigenvalue weighted by molar-refractivity contribution is -0.148. The van der Waals surface area contributed by atoms with E-state index >= 15 is 0 Å². The third kappa shape index (κ3) is 5.17. The Labute approximate surface area is 148 Å². The van der Waals surface area contributed by atoms with Crippen LogP contribution in [0.5, 0.6) is 0 Å². The monoisotopic (exact) mass is 356 g/mol. The van der Waals surface area contributed by atoms with Gasteiger partial charge in [0.25, 0.3) is 11.5 Å². The molecule has 0 radical (unpaired) electrons. The highest BCUT2D eigenvalue weighted by molar-refractivity contribution is 5.95. The Kier molecular flexibility index (Phi) is 6.45. The van der Waals surface area contributed by atoms with Crippen LogP contribution in [0.1, 0.15) is 6.42 Å². The molecule has 2 rings (SSSR count). The molecule has 1 heterocycles. The third-order valence-corrected chi connectivity index (χ3v) is 3.37. The number of benzene rings is 1. The van der Waals surface area contributed by atoms with Crippen LogP contribution in [0.15, 0.2) is 52.2 Å². The van der Waals surface area contributed by atoms with E-state index in [1.807, 2.05) is 11.1 Å². The average Bonchev–Trinajstić information content (AvgIpc) is 2.63. The minimum Gasteiger partial charge on any atom is -0.454 e. The van der Waals surface area contributed by atoms with E-state index < -0.39 is 36.3 Å². The second-order valence-corrected chi connectivity index (χ2v) is 5.19. The predicted octanol–water partition coefficient (Wildman–Crippen LogP) is 0.0267. The molecule has 0 spiro atoms. The van der Waals surface area contributed by atoms with Crippen molar-refractivity contribution < 1.29 is 14.3 Å². The number of hydrogen-bond acceptors (Lipinski definition) is 6. The molecule has 9 heteroatoms. The molecular formula is C17H16N4O5. The second-order valence-electron chi connectivity index (χ2n) is 5.19. The number of carbonyl (C=O) groups excluding carboxylic acids is 2. The number of ether oxygens (including phenoxy) is 1. The van der Waals surface area contributed by atoms with Gasteiger partial charge < -0.3 is 9.64 Å². The van der Waals surface area contributed by atoms with Gasteiger partial charge in [0.1, 0.15) is 6.54 Å². The number of hydrogen-bond donors (Lipinski definition) is 1. The van der Waals surface area contributed by atoms with Crippen molar-refractivity contribution in [1.29, 1.82) is 5.26 Å². The maximum atomic E-state index is 12.3. The van der Waals surface area contributed by atoms with E-state index in [4.69, 9.17) is 10.00 Å². The molecule has 0 saturated heterocycles. The number of nitrogens with one attached hydrogen (secondary N) is 1. The standard InChI is InChI=1S/C17H16N4O5/c18-8-4-9-21(13-5-2-1-3-6-13)15(23)12-26-16(24)11-20-10-7-14(22)19-17(20)25/h1-3,5-7,10H,4,9,11-12H2,(H,19,22,25). The Morgan fingerprint density at radius 2 is 1.92 bits per heavy atom. The number of carbonyl (C=O) groups is 2. The lowest BCUT2D eigenvalue weighted by Gasteiger charge is -2.21. The highest BCUT2D eigenvalue weighted by atomic mass is 16.5. The van der Waals surface area contributed by atoms with Gasteiger partial charge in [0, 0.05) is 24.5 Å². The van der Waals surface area contributed by atoms with Crippen LogP contribution >= 0.6 is 0 Å². The highest BCUT2D eigenvalue weighted by Gasteiger charge is 2.17. The second kappa shape index (κ2) is 8.98. The van der Waals surface area contributed by atoms with Gasteiger partial charge in [-0.3, -0.25) is 23.9 Å². The van der Waals surface area contributed by atoms with Gasteiger partial charge in [0.2, 0.25) is 0 Å². The van der Waals surface area contributed by atoms with E-state index in [-0.39, 0.29) is 13.0 Å². The van der Waals surface area contributed by atoms with Gasteiger partial charge in [-0.05, 0) is 12.1 Å². The molecule has 9 nitrogen and oxygen atoms in total. The van der Waals surface area contributed by atoms with Crippen molar-refractivity contribution >= 4 is 17.6 Å². The first kappa shape index (κ1) is 18.7. The van der Waals surface area contributed by atoms with Crippen LogP contribution < -0.4 is 16.1 Å². The molecule has 0 aliphatic heterocycles. The van der Waals surface area contributed by atoms with Gasteiger partial charge >= 0.3 is 11.7 Å². The summed E-state index contributed by atoms with van der Waals surface area (Å²) in [6.07, 6.45) is 1.29. The van der Waals surface area contributed by atoms with Crippen molar-refractivity contribution in [3.8, 4) is 6.07 Å². The summed E-state index contributed by atoms with van der Waals surface area (Å²) >= 11 is 0. The van der Waals surface area contributed by atoms with Crippen molar-refractivity contribution in [3.05, 3.63) is 63.4 Å². The Bertz CT molecular complexity index is 926. The Morgan fingerprint density at radius 3 is 2.58 bits per heavy atom. The Morgan fingerprint density at radius 1 is 1.19 bits per heavy atom. The summed E-state index contributed by atoms with van der Waals surface area (Å²) in [5, 5.41) is 8.74. The third-order valence-electron chi connectivity index (χ3n) is 3.37.